The fourth-order valence-corrected chi connectivity index (χ4v) is 1.33. The Balaban J connectivity index is 2.20. The molecule has 1 amide bonds. The second-order valence-corrected chi connectivity index (χ2v) is 3.38. The zero-order chi connectivity index (χ0) is 12.3. The highest BCUT2D eigenvalue weighted by Gasteiger charge is 2.09. The summed E-state index contributed by atoms with van der Waals surface area (Å²) < 4.78 is 12.6. The Hall–Kier alpha value is -2.43. The summed E-state index contributed by atoms with van der Waals surface area (Å²) in [5, 5.41) is 2.50. The lowest BCUT2D eigenvalue weighted by Gasteiger charge is -2.03. The molecule has 5 heteroatoms. The SMILES string of the molecule is O=C(Nc1ccc(F)cc1)c1c[nH]ccc1=O. The van der Waals surface area contributed by atoms with Crippen molar-refractivity contribution in [2.45, 2.75) is 0 Å². The van der Waals surface area contributed by atoms with Crippen molar-refractivity contribution in [3.8, 4) is 0 Å². The third-order valence-corrected chi connectivity index (χ3v) is 2.17. The maximum Gasteiger partial charge on any atom is 0.261 e. The lowest BCUT2D eigenvalue weighted by molar-refractivity contribution is 0.102. The Bertz CT molecular complexity index is 590. The number of carbonyl (C=O) groups is 1. The Morgan fingerprint density at radius 3 is 2.53 bits per heavy atom. The lowest BCUT2D eigenvalue weighted by Crippen LogP contribution is -2.20. The van der Waals surface area contributed by atoms with E-state index in [4.69, 9.17) is 0 Å². The van der Waals surface area contributed by atoms with Gasteiger partial charge in [0.1, 0.15) is 11.4 Å². The molecular formula is C12H9FN2O2. The van der Waals surface area contributed by atoms with Gasteiger partial charge in [-0.2, -0.15) is 0 Å². The van der Waals surface area contributed by atoms with E-state index in [2.05, 4.69) is 10.3 Å². The number of aromatic nitrogens is 1. The fraction of sp³-hybridized carbons (Fsp3) is 0. The van der Waals surface area contributed by atoms with Crippen LogP contribution in [0, 0.1) is 5.82 Å². The molecule has 2 rings (SSSR count). The molecule has 0 saturated heterocycles. The number of nitrogens with one attached hydrogen (secondary N) is 2. The third kappa shape index (κ3) is 2.57. The molecule has 1 heterocycles. The monoisotopic (exact) mass is 232 g/mol. The first-order valence-corrected chi connectivity index (χ1v) is 4.91. The molecule has 4 nitrogen and oxygen atoms in total. The molecule has 17 heavy (non-hydrogen) atoms. The minimum atomic E-state index is -0.529. The number of carbonyl (C=O) groups excluding carboxylic acids is 1. The lowest BCUT2D eigenvalue weighted by atomic mass is 10.2. The topological polar surface area (TPSA) is 62.0 Å². The molecule has 0 aliphatic carbocycles. The van der Waals surface area contributed by atoms with Crippen molar-refractivity contribution in [2.75, 3.05) is 5.32 Å². The summed E-state index contributed by atoms with van der Waals surface area (Å²) in [6.07, 6.45) is 2.76. The molecule has 0 unspecified atom stereocenters. The van der Waals surface area contributed by atoms with Gasteiger partial charge in [0.25, 0.3) is 5.91 Å². The maximum atomic E-state index is 12.6. The van der Waals surface area contributed by atoms with Crippen molar-refractivity contribution < 1.29 is 9.18 Å². The minimum Gasteiger partial charge on any atom is -0.367 e. The number of aromatic amines is 1. The molecular weight excluding hydrogens is 223 g/mol. The predicted molar refractivity (Wildman–Crippen MR) is 61.4 cm³/mol. The molecule has 86 valence electrons. The van der Waals surface area contributed by atoms with Crippen LogP contribution in [0.15, 0.2) is 47.5 Å². The van der Waals surface area contributed by atoms with Crippen LogP contribution in [-0.2, 0) is 0 Å². The van der Waals surface area contributed by atoms with Gasteiger partial charge in [-0.1, -0.05) is 0 Å². The Labute approximate surface area is 96.1 Å². The van der Waals surface area contributed by atoms with Gasteiger partial charge in [-0.25, -0.2) is 4.39 Å². The van der Waals surface area contributed by atoms with Crippen LogP contribution < -0.4 is 10.7 Å². The summed E-state index contributed by atoms with van der Waals surface area (Å²) in [5.41, 5.74) is 0.0693. The van der Waals surface area contributed by atoms with Crippen molar-refractivity contribution in [3.05, 3.63) is 64.3 Å². The highest BCUT2D eigenvalue weighted by Crippen LogP contribution is 2.08. The van der Waals surface area contributed by atoms with Crippen LogP contribution in [-0.4, -0.2) is 10.9 Å². The van der Waals surface area contributed by atoms with Crippen molar-refractivity contribution in [2.24, 2.45) is 0 Å². The average Bonchev–Trinajstić information content (AvgIpc) is 2.32. The van der Waals surface area contributed by atoms with E-state index in [1.54, 1.807) is 0 Å². The van der Waals surface area contributed by atoms with Gasteiger partial charge >= 0.3 is 0 Å². The zero-order valence-corrected chi connectivity index (χ0v) is 8.74. The van der Waals surface area contributed by atoms with E-state index in [1.165, 1.54) is 42.7 Å². The first kappa shape index (κ1) is 11.1. The van der Waals surface area contributed by atoms with E-state index in [1.807, 2.05) is 0 Å². The van der Waals surface area contributed by atoms with E-state index >= 15 is 0 Å². The van der Waals surface area contributed by atoms with Crippen LogP contribution in [0.5, 0.6) is 0 Å². The van der Waals surface area contributed by atoms with E-state index in [0.717, 1.165) is 0 Å². The normalized spacial score (nSPS) is 9.94. The molecule has 1 aromatic carbocycles. The summed E-state index contributed by atoms with van der Waals surface area (Å²) in [5.74, 6) is -0.918. The Morgan fingerprint density at radius 2 is 1.88 bits per heavy atom. The number of anilines is 1. The molecule has 0 aliphatic rings. The first-order chi connectivity index (χ1) is 8.16. The minimum absolute atomic E-state index is 0.0109. The second-order valence-electron chi connectivity index (χ2n) is 3.38. The number of hydrogen-bond donors (Lipinski definition) is 2. The number of rotatable bonds is 2. The molecule has 2 aromatic rings. The predicted octanol–water partition coefficient (Wildman–Crippen LogP) is 1.77. The molecule has 0 atom stereocenters. The van der Waals surface area contributed by atoms with E-state index < -0.39 is 5.91 Å². The van der Waals surface area contributed by atoms with Gasteiger partial charge in [-0.15, -0.1) is 0 Å². The number of pyridine rings is 1. The van der Waals surface area contributed by atoms with E-state index in [9.17, 15) is 14.0 Å². The summed E-state index contributed by atoms with van der Waals surface area (Å²) >= 11 is 0. The van der Waals surface area contributed by atoms with Gasteiger partial charge in [0.2, 0.25) is 0 Å². The number of hydrogen-bond acceptors (Lipinski definition) is 2. The number of amides is 1. The van der Waals surface area contributed by atoms with Gasteiger partial charge in [0.15, 0.2) is 5.43 Å². The highest BCUT2D eigenvalue weighted by atomic mass is 19.1. The largest absolute Gasteiger partial charge is 0.367 e. The number of benzene rings is 1. The maximum absolute atomic E-state index is 12.6. The standard InChI is InChI=1S/C12H9FN2O2/c13-8-1-3-9(4-2-8)15-12(17)10-7-14-6-5-11(10)16/h1-7H,(H,14,16)(H,15,17). The summed E-state index contributed by atoms with van der Waals surface area (Å²) in [6, 6.07) is 6.56. The summed E-state index contributed by atoms with van der Waals surface area (Å²) in [7, 11) is 0. The molecule has 0 spiro atoms. The quantitative estimate of drug-likeness (QED) is 0.828. The molecule has 0 aliphatic heterocycles. The van der Waals surface area contributed by atoms with Gasteiger partial charge < -0.3 is 10.3 Å². The molecule has 0 saturated carbocycles. The number of H-pyrrole nitrogens is 1. The van der Waals surface area contributed by atoms with Crippen LogP contribution in [0.4, 0.5) is 10.1 Å². The molecule has 1 aromatic heterocycles. The van der Waals surface area contributed by atoms with Gasteiger partial charge in [-0.05, 0) is 24.3 Å². The smallest absolute Gasteiger partial charge is 0.261 e. The van der Waals surface area contributed by atoms with Crippen molar-refractivity contribution in [3.63, 3.8) is 0 Å². The Kier molecular flexibility index (Phi) is 3.00. The molecule has 2 N–H and O–H groups in total. The molecule has 0 bridgehead atoms. The first-order valence-electron chi connectivity index (χ1n) is 4.91. The van der Waals surface area contributed by atoms with E-state index in [0.29, 0.717) is 5.69 Å². The molecule has 0 radical (unpaired) electrons. The van der Waals surface area contributed by atoms with Crippen LogP contribution in [0.2, 0.25) is 0 Å². The van der Waals surface area contributed by atoms with Crippen molar-refractivity contribution in [1.82, 2.24) is 4.98 Å². The summed E-state index contributed by atoms with van der Waals surface area (Å²) in [6.45, 7) is 0. The van der Waals surface area contributed by atoms with Crippen LogP contribution in [0.25, 0.3) is 0 Å². The third-order valence-electron chi connectivity index (χ3n) is 2.17. The molecule has 0 fully saturated rings. The van der Waals surface area contributed by atoms with Crippen molar-refractivity contribution >= 4 is 11.6 Å². The van der Waals surface area contributed by atoms with Crippen LogP contribution in [0.1, 0.15) is 10.4 Å². The fourth-order valence-electron chi connectivity index (χ4n) is 1.33. The Morgan fingerprint density at radius 1 is 1.18 bits per heavy atom. The van der Waals surface area contributed by atoms with Crippen molar-refractivity contribution in [1.29, 1.82) is 0 Å². The van der Waals surface area contributed by atoms with Gasteiger partial charge in [0.05, 0.1) is 0 Å². The van der Waals surface area contributed by atoms with E-state index in [-0.39, 0.29) is 16.8 Å². The second kappa shape index (κ2) is 4.61. The zero-order valence-electron chi connectivity index (χ0n) is 8.74. The highest BCUT2D eigenvalue weighted by molar-refractivity contribution is 6.03. The van der Waals surface area contributed by atoms with Crippen LogP contribution >= 0.6 is 0 Å². The van der Waals surface area contributed by atoms with Crippen LogP contribution in [0.3, 0.4) is 0 Å². The van der Waals surface area contributed by atoms with Gasteiger partial charge in [0, 0.05) is 24.1 Å². The number of halogens is 1. The van der Waals surface area contributed by atoms with Gasteiger partial charge in [-0.3, -0.25) is 9.59 Å². The average molecular weight is 232 g/mol. The summed E-state index contributed by atoms with van der Waals surface area (Å²) in [4.78, 5) is 25.7.